The van der Waals surface area contributed by atoms with Crippen molar-refractivity contribution in [3.05, 3.63) is 84.4 Å². The minimum atomic E-state index is -3.49. The molecule has 0 aliphatic rings. The summed E-state index contributed by atoms with van der Waals surface area (Å²) < 4.78 is 27.5. The predicted octanol–water partition coefficient (Wildman–Crippen LogP) is 4.98. The lowest BCUT2D eigenvalue weighted by molar-refractivity contribution is 0.397. The SMILES string of the molecule is COS(=O)(=O)Cc1ccc(-c2ccc(Sc3ccccc3)cc2)cc1. The molecule has 0 radical (unpaired) electrons. The molecule has 5 heteroatoms. The van der Waals surface area contributed by atoms with Gasteiger partial charge in [0.25, 0.3) is 10.1 Å². The van der Waals surface area contributed by atoms with E-state index in [2.05, 4.69) is 40.6 Å². The standard InChI is InChI=1S/C20H18O3S2/c1-23-25(21,22)15-16-7-9-17(10-8-16)18-11-13-20(14-12-18)24-19-5-3-2-4-6-19/h2-14H,15H2,1H3. The van der Waals surface area contributed by atoms with Crippen LogP contribution in [0, 0.1) is 0 Å². The van der Waals surface area contributed by atoms with E-state index in [4.69, 9.17) is 0 Å². The fourth-order valence-electron chi connectivity index (χ4n) is 2.40. The Balaban J connectivity index is 1.72. The molecule has 0 aromatic heterocycles. The van der Waals surface area contributed by atoms with Gasteiger partial charge in [-0.25, -0.2) is 0 Å². The highest BCUT2D eigenvalue weighted by Gasteiger charge is 2.10. The Kier molecular flexibility index (Phi) is 5.58. The van der Waals surface area contributed by atoms with E-state index < -0.39 is 10.1 Å². The van der Waals surface area contributed by atoms with Crippen LogP contribution in [0.2, 0.25) is 0 Å². The molecule has 0 spiro atoms. The van der Waals surface area contributed by atoms with Crippen LogP contribution in [0.25, 0.3) is 11.1 Å². The van der Waals surface area contributed by atoms with E-state index in [0.29, 0.717) is 5.56 Å². The molecule has 0 N–H and O–H groups in total. The second kappa shape index (κ2) is 7.87. The summed E-state index contributed by atoms with van der Waals surface area (Å²) >= 11 is 1.72. The molecule has 0 unspecified atom stereocenters. The monoisotopic (exact) mass is 370 g/mol. The van der Waals surface area contributed by atoms with Gasteiger partial charge in [0.1, 0.15) is 5.75 Å². The Morgan fingerprint density at radius 3 is 1.84 bits per heavy atom. The minimum Gasteiger partial charge on any atom is -0.273 e. The molecular weight excluding hydrogens is 352 g/mol. The molecule has 3 nitrogen and oxygen atoms in total. The highest BCUT2D eigenvalue weighted by molar-refractivity contribution is 7.99. The molecule has 0 amide bonds. The molecular formula is C20H18O3S2. The normalized spacial score (nSPS) is 11.4. The van der Waals surface area contributed by atoms with Crippen molar-refractivity contribution >= 4 is 21.9 Å². The van der Waals surface area contributed by atoms with E-state index in [1.807, 2.05) is 42.5 Å². The van der Waals surface area contributed by atoms with Crippen LogP contribution in [0.3, 0.4) is 0 Å². The Bertz CT molecular complexity index is 917. The van der Waals surface area contributed by atoms with Gasteiger partial charge in [-0.15, -0.1) is 0 Å². The molecule has 0 aliphatic carbocycles. The molecule has 3 aromatic rings. The predicted molar refractivity (Wildman–Crippen MR) is 102 cm³/mol. The van der Waals surface area contributed by atoms with Gasteiger partial charge in [-0.1, -0.05) is 66.4 Å². The maximum Gasteiger partial charge on any atom is 0.271 e. The first kappa shape index (κ1) is 17.7. The van der Waals surface area contributed by atoms with E-state index in [-0.39, 0.29) is 5.75 Å². The third-order valence-electron chi connectivity index (χ3n) is 3.72. The molecule has 0 bridgehead atoms. The molecule has 0 fully saturated rings. The Hall–Kier alpha value is -2.08. The van der Waals surface area contributed by atoms with Crippen molar-refractivity contribution in [3.63, 3.8) is 0 Å². The van der Waals surface area contributed by atoms with E-state index in [9.17, 15) is 8.42 Å². The lowest BCUT2D eigenvalue weighted by Crippen LogP contribution is -2.05. The van der Waals surface area contributed by atoms with Crippen LogP contribution in [0.15, 0.2) is 88.7 Å². The summed E-state index contributed by atoms with van der Waals surface area (Å²) in [6, 6.07) is 26.1. The molecule has 128 valence electrons. The summed E-state index contributed by atoms with van der Waals surface area (Å²) in [5.41, 5.74) is 2.86. The van der Waals surface area contributed by atoms with Gasteiger partial charge in [0.05, 0.1) is 7.11 Å². The highest BCUT2D eigenvalue weighted by Crippen LogP contribution is 2.29. The van der Waals surface area contributed by atoms with Crippen LogP contribution < -0.4 is 0 Å². The van der Waals surface area contributed by atoms with E-state index in [1.54, 1.807) is 11.8 Å². The van der Waals surface area contributed by atoms with E-state index >= 15 is 0 Å². The first-order valence-corrected chi connectivity index (χ1v) is 10.2. The quantitative estimate of drug-likeness (QED) is 0.574. The topological polar surface area (TPSA) is 43.4 Å². The lowest BCUT2D eigenvalue weighted by atomic mass is 10.0. The first-order chi connectivity index (χ1) is 12.1. The van der Waals surface area contributed by atoms with Crippen molar-refractivity contribution in [2.45, 2.75) is 15.5 Å². The first-order valence-electron chi connectivity index (χ1n) is 7.76. The summed E-state index contributed by atoms with van der Waals surface area (Å²) in [4.78, 5) is 2.39. The van der Waals surface area contributed by atoms with Crippen LogP contribution in [-0.2, 0) is 20.1 Å². The van der Waals surface area contributed by atoms with Gasteiger partial charge < -0.3 is 0 Å². The second-order valence-corrected chi connectivity index (χ2v) is 8.39. The zero-order valence-corrected chi connectivity index (χ0v) is 15.4. The fourth-order valence-corrected chi connectivity index (χ4v) is 3.95. The van der Waals surface area contributed by atoms with Gasteiger partial charge in [-0.3, -0.25) is 4.18 Å². The van der Waals surface area contributed by atoms with Gasteiger partial charge in [-0.2, -0.15) is 8.42 Å². The third kappa shape index (κ3) is 4.95. The van der Waals surface area contributed by atoms with Crippen molar-refractivity contribution in [1.29, 1.82) is 0 Å². The molecule has 0 atom stereocenters. The number of hydrogen-bond donors (Lipinski definition) is 0. The third-order valence-corrected chi connectivity index (χ3v) is 5.93. The van der Waals surface area contributed by atoms with Crippen LogP contribution in [0.1, 0.15) is 5.56 Å². The number of benzene rings is 3. The Morgan fingerprint density at radius 1 is 0.760 bits per heavy atom. The summed E-state index contributed by atoms with van der Waals surface area (Å²) in [7, 11) is -2.31. The van der Waals surface area contributed by atoms with Crippen molar-refractivity contribution in [1.82, 2.24) is 0 Å². The Labute approximate surface area is 152 Å². The van der Waals surface area contributed by atoms with Crippen LogP contribution in [0.4, 0.5) is 0 Å². The van der Waals surface area contributed by atoms with Crippen LogP contribution in [0.5, 0.6) is 0 Å². The summed E-state index contributed by atoms with van der Waals surface area (Å²) in [6.45, 7) is 0. The van der Waals surface area contributed by atoms with Crippen molar-refractivity contribution < 1.29 is 12.6 Å². The lowest BCUT2D eigenvalue weighted by Gasteiger charge is -2.06. The zero-order valence-electron chi connectivity index (χ0n) is 13.8. The second-order valence-electron chi connectivity index (χ2n) is 5.51. The van der Waals surface area contributed by atoms with Crippen LogP contribution >= 0.6 is 11.8 Å². The highest BCUT2D eigenvalue weighted by atomic mass is 32.2. The van der Waals surface area contributed by atoms with E-state index in [1.165, 1.54) is 16.9 Å². The smallest absolute Gasteiger partial charge is 0.271 e. The summed E-state index contributed by atoms with van der Waals surface area (Å²) in [6.07, 6.45) is 0. The van der Waals surface area contributed by atoms with Gasteiger partial charge in [-0.05, 0) is 41.0 Å². The molecule has 0 aliphatic heterocycles. The average molecular weight is 370 g/mol. The Morgan fingerprint density at radius 2 is 1.28 bits per heavy atom. The van der Waals surface area contributed by atoms with Gasteiger partial charge in [0, 0.05) is 9.79 Å². The van der Waals surface area contributed by atoms with Crippen molar-refractivity contribution in [2.75, 3.05) is 7.11 Å². The molecule has 0 saturated heterocycles. The van der Waals surface area contributed by atoms with Gasteiger partial charge in [0.2, 0.25) is 0 Å². The van der Waals surface area contributed by atoms with Crippen LogP contribution in [-0.4, -0.2) is 15.5 Å². The molecule has 3 aromatic carbocycles. The maximum atomic E-state index is 11.5. The number of hydrogen-bond acceptors (Lipinski definition) is 4. The zero-order chi connectivity index (χ0) is 17.7. The average Bonchev–Trinajstić information content (AvgIpc) is 2.64. The van der Waals surface area contributed by atoms with Crippen molar-refractivity contribution in [2.24, 2.45) is 0 Å². The van der Waals surface area contributed by atoms with Gasteiger partial charge >= 0.3 is 0 Å². The fraction of sp³-hybridized carbons (Fsp3) is 0.100. The summed E-state index contributed by atoms with van der Waals surface area (Å²) in [5.74, 6) is -0.115. The summed E-state index contributed by atoms with van der Waals surface area (Å²) in [5, 5.41) is 0. The van der Waals surface area contributed by atoms with E-state index in [0.717, 1.165) is 11.1 Å². The molecule has 0 heterocycles. The number of rotatable bonds is 6. The molecule has 3 rings (SSSR count). The molecule has 0 saturated carbocycles. The van der Waals surface area contributed by atoms with Gasteiger partial charge in [0.15, 0.2) is 0 Å². The largest absolute Gasteiger partial charge is 0.273 e. The maximum absolute atomic E-state index is 11.5. The minimum absolute atomic E-state index is 0.115. The molecule has 25 heavy (non-hydrogen) atoms. The van der Waals surface area contributed by atoms with Crippen molar-refractivity contribution in [3.8, 4) is 11.1 Å².